The highest BCUT2D eigenvalue weighted by atomic mass is 32.2. The summed E-state index contributed by atoms with van der Waals surface area (Å²) < 4.78 is 0. The van der Waals surface area contributed by atoms with E-state index in [1.54, 1.807) is 0 Å². The second-order valence-corrected chi connectivity index (χ2v) is 5.75. The molecule has 1 aromatic rings. The van der Waals surface area contributed by atoms with Crippen LogP contribution in [0.25, 0.3) is 0 Å². The lowest BCUT2D eigenvalue weighted by Gasteiger charge is -2.26. The molecule has 1 saturated heterocycles. The summed E-state index contributed by atoms with van der Waals surface area (Å²) in [5.41, 5.74) is 5.54. The fourth-order valence-corrected chi connectivity index (χ4v) is 3.57. The Morgan fingerprint density at radius 3 is 2.79 bits per heavy atom. The van der Waals surface area contributed by atoms with E-state index >= 15 is 0 Å². The van der Waals surface area contributed by atoms with Gasteiger partial charge in [-0.05, 0) is 25.1 Å². The fraction of sp³-hybridized carbons (Fsp3) is 0.600. The predicted molar refractivity (Wildman–Crippen MR) is 66.6 cm³/mol. The van der Waals surface area contributed by atoms with Crippen molar-refractivity contribution in [2.45, 2.75) is 6.42 Å². The molecular weight excluding hydrogens is 212 g/mol. The summed E-state index contributed by atoms with van der Waals surface area (Å²) in [6, 6.07) is 4.46. The Morgan fingerprint density at radius 2 is 2.07 bits per heavy atom. The molecule has 1 aromatic heterocycles. The molecule has 0 saturated carbocycles. The molecule has 2 heterocycles. The zero-order valence-corrected chi connectivity index (χ0v) is 9.87. The van der Waals surface area contributed by atoms with Crippen LogP contribution in [0.2, 0.25) is 0 Å². The van der Waals surface area contributed by atoms with Crippen LogP contribution in [0.1, 0.15) is 4.88 Å². The molecule has 4 heteroatoms. The quantitative estimate of drug-likeness (QED) is 0.855. The third-order valence-corrected chi connectivity index (χ3v) is 4.51. The SMILES string of the molecule is NCCc1ccc(N2CCSCC2)s1. The van der Waals surface area contributed by atoms with Crippen molar-refractivity contribution in [2.75, 3.05) is 36.0 Å². The number of thiophene rings is 1. The number of hydrogen-bond acceptors (Lipinski definition) is 4. The van der Waals surface area contributed by atoms with E-state index in [-0.39, 0.29) is 0 Å². The number of rotatable bonds is 3. The third kappa shape index (κ3) is 2.43. The highest BCUT2D eigenvalue weighted by Gasteiger charge is 2.12. The van der Waals surface area contributed by atoms with Gasteiger partial charge in [-0.3, -0.25) is 0 Å². The van der Waals surface area contributed by atoms with E-state index in [1.165, 1.54) is 34.5 Å². The largest absolute Gasteiger partial charge is 0.362 e. The van der Waals surface area contributed by atoms with Crippen molar-refractivity contribution in [3.63, 3.8) is 0 Å². The summed E-state index contributed by atoms with van der Waals surface area (Å²) in [5.74, 6) is 2.54. The zero-order valence-electron chi connectivity index (χ0n) is 8.24. The van der Waals surface area contributed by atoms with Crippen LogP contribution < -0.4 is 10.6 Å². The maximum Gasteiger partial charge on any atom is 0.0911 e. The van der Waals surface area contributed by atoms with Crippen LogP contribution in [0.3, 0.4) is 0 Å². The minimum Gasteiger partial charge on any atom is -0.362 e. The van der Waals surface area contributed by atoms with Crippen LogP contribution in [-0.2, 0) is 6.42 Å². The molecule has 0 atom stereocenters. The Labute approximate surface area is 93.5 Å². The van der Waals surface area contributed by atoms with Gasteiger partial charge in [0.15, 0.2) is 0 Å². The molecule has 14 heavy (non-hydrogen) atoms. The minimum absolute atomic E-state index is 0.760. The summed E-state index contributed by atoms with van der Waals surface area (Å²) in [7, 11) is 0. The van der Waals surface area contributed by atoms with E-state index < -0.39 is 0 Å². The Bertz CT molecular complexity index is 279. The topological polar surface area (TPSA) is 29.3 Å². The van der Waals surface area contributed by atoms with Crippen LogP contribution in [0.15, 0.2) is 12.1 Å². The van der Waals surface area contributed by atoms with E-state index in [0.29, 0.717) is 0 Å². The fourth-order valence-electron chi connectivity index (χ4n) is 1.60. The van der Waals surface area contributed by atoms with Crippen LogP contribution in [0.5, 0.6) is 0 Å². The van der Waals surface area contributed by atoms with Gasteiger partial charge in [-0.15, -0.1) is 11.3 Å². The molecule has 0 unspecified atom stereocenters. The van der Waals surface area contributed by atoms with Crippen LogP contribution in [0, 0.1) is 0 Å². The Hall–Kier alpha value is -0.190. The van der Waals surface area contributed by atoms with Crippen molar-refractivity contribution < 1.29 is 0 Å². The van der Waals surface area contributed by atoms with E-state index in [1.807, 2.05) is 11.3 Å². The number of hydrogen-bond donors (Lipinski definition) is 1. The van der Waals surface area contributed by atoms with Crippen LogP contribution in [0.4, 0.5) is 5.00 Å². The molecule has 2 rings (SSSR count). The van der Waals surface area contributed by atoms with Gasteiger partial charge in [-0.2, -0.15) is 11.8 Å². The van der Waals surface area contributed by atoms with Gasteiger partial charge in [0.25, 0.3) is 0 Å². The number of nitrogens with zero attached hydrogens (tertiary/aromatic N) is 1. The first-order valence-corrected chi connectivity index (χ1v) is 6.99. The van der Waals surface area contributed by atoms with Crippen molar-refractivity contribution in [1.29, 1.82) is 0 Å². The smallest absolute Gasteiger partial charge is 0.0911 e. The van der Waals surface area contributed by atoms with Gasteiger partial charge in [0.1, 0.15) is 0 Å². The molecule has 1 fully saturated rings. The third-order valence-electron chi connectivity index (χ3n) is 2.36. The number of nitrogens with two attached hydrogens (primary N) is 1. The van der Waals surface area contributed by atoms with Crippen molar-refractivity contribution in [2.24, 2.45) is 5.73 Å². The molecule has 2 nitrogen and oxygen atoms in total. The molecule has 1 aliphatic heterocycles. The molecule has 2 N–H and O–H groups in total. The van der Waals surface area contributed by atoms with E-state index in [2.05, 4.69) is 28.8 Å². The predicted octanol–water partition coefficient (Wildman–Crippen LogP) is 1.80. The molecule has 0 amide bonds. The van der Waals surface area contributed by atoms with Crippen LogP contribution in [-0.4, -0.2) is 31.1 Å². The lowest BCUT2D eigenvalue weighted by atomic mass is 10.3. The summed E-state index contributed by atoms with van der Waals surface area (Å²) in [5, 5.41) is 1.42. The first kappa shape index (κ1) is 10.3. The average molecular weight is 228 g/mol. The van der Waals surface area contributed by atoms with Crippen LogP contribution >= 0.6 is 23.1 Å². The summed E-state index contributed by atoms with van der Waals surface area (Å²) in [4.78, 5) is 3.90. The lowest BCUT2D eigenvalue weighted by Crippen LogP contribution is -2.31. The minimum atomic E-state index is 0.760. The maximum atomic E-state index is 5.54. The lowest BCUT2D eigenvalue weighted by molar-refractivity contribution is 0.868. The van der Waals surface area contributed by atoms with E-state index in [9.17, 15) is 0 Å². The molecule has 0 aliphatic carbocycles. The van der Waals surface area contributed by atoms with Gasteiger partial charge in [0.2, 0.25) is 0 Å². The van der Waals surface area contributed by atoms with Crippen molar-refractivity contribution in [3.8, 4) is 0 Å². The maximum absolute atomic E-state index is 5.54. The second-order valence-electron chi connectivity index (χ2n) is 3.38. The van der Waals surface area contributed by atoms with E-state index in [0.717, 1.165) is 13.0 Å². The van der Waals surface area contributed by atoms with Gasteiger partial charge in [0.05, 0.1) is 5.00 Å². The molecule has 78 valence electrons. The first-order chi connectivity index (χ1) is 6.90. The molecule has 0 bridgehead atoms. The average Bonchev–Trinajstić information content (AvgIpc) is 2.68. The normalized spacial score (nSPS) is 17.4. The number of anilines is 1. The van der Waals surface area contributed by atoms with Crippen molar-refractivity contribution >= 4 is 28.1 Å². The zero-order chi connectivity index (χ0) is 9.80. The van der Waals surface area contributed by atoms with Crippen molar-refractivity contribution in [3.05, 3.63) is 17.0 Å². The highest BCUT2D eigenvalue weighted by molar-refractivity contribution is 7.99. The summed E-state index contributed by atoms with van der Waals surface area (Å²) in [6.45, 7) is 3.16. The highest BCUT2D eigenvalue weighted by Crippen LogP contribution is 2.28. The standard InChI is InChI=1S/C10H16N2S2/c11-4-3-9-1-2-10(14-9)12-5-7-13-8-6-12/h1-2H,3-8,11H2. The van der Waals surface area contributed by atoms with Gasteiger partial charge in [0, 0.05) is 29.5 Å². The van der Waals surface area contributed by atoms with Gasteiger partial charge >= 0.3 is 0 Å². The molecule has 0 aromatic carbocycles. The number of thioether (sulfide) groups is 1. The summed E-state index contributed by atoms with van der Waals surface area (Å²) >= 11 is 3.95. The second kappa shape index (κ2) is 5.05. The molecule has 0 spiro atoms. The monoisotopic (exact) mass is 228 g/mol. The van der Waals surface area contributed by atoms with Gasteiger partial charge in [-0.25, -0.2) is 0 Å². The molecule has 1 aliphatic rings. The summed E-state index contributed by atoms with van der Waals surface area (Å²) in [6.07, 6.45) is 1.02. The Morgan fingerprint density at radius 1 is 1.29 bits per heavy atom. The molecule has 0 radical (unpaired) electrons. The van der Waals surface area contributed by atoms with Crippen molar-refractivity contribution in [1.82, 2.24) is 0 Å². The van der Waals surface area contributed by atoms with Gasteiger partial charge < -0.3 is 10.6 Å². The Balaban J connectivity index is 2.00. The Kier molecular flexibility index (Phi) is 3.73. The van der Waals surface area contributed by atoms with E-state index in [4.69, 9.17) is 5.73 Å². The van der Waals surface area contributed by atoms with Gasteiger partial charge in [-0.1, -0.05) is 0 Å². The first-order valence-electron chi connectivity index (χ1n) is 5.01. The molecular formula is C10H16N2S2.